The number of likely N-dealkylation sites (tertiary alicyclic amines) is 1. The minimum absolute atomic E-state index is 0.000145. The third-order valence-electron chi connectivity index (χ3n) is 5.41. The molecule has 3 aromatic rings. The van der Waals surface area contributed by atoms with Gasteiger partial charge < -0.3 is 9.88 Å². The van der Waals surface area contributed by atoms with Gasteiger partial charge >= 0.3 is 0 Å². The summed E-state index contributed by atoms with van der Waals surface area (Å²) in [6.45, 7) is 8.03. The second kappa shape index (κ2) is 8.01. The van der Waals surface area contributed by atoms with Gasteiger partial charge in [0.05, 0.1) is 6.54 Å². The summed E-state index contributed by atoms with van der Waals surface area (Å²) in [6.07, 6.45) is 2.29. The summed E-state index contributed by atoms with van der Waals surface area (Å²) in [5, 5.41) is 8.17. The molecule has 4 rings (SSSR count). The fraction of sp³-hybridized carbons (Fsp3) is 0.500. The summed E-state index contributed by atoms with van der Waals surface area (Å²) < 4.78 is 1.66. The number of hydrogen-bond acceptors (Lipinski definition) is 5. The molecule has 2 aromatic heterocycles. The van der Waals surface area contributed by atoms with Gasteiger partial charge in [0, 0.05) is 25.4 Å². The number of aromatic amines is 1. The molecular formula is C22H28N6O2. The predicted octanol–water partition coefficient (Wildman–Crippen LogP) is 2.71. The van der Waals surface area contributed by atoms with Crippen molar-refractivity contribution >= 4 is 17.1 Å². The first-order valence-corrected chi connectivity index (χ1v) is 10.5. The van der Waals surface area contributed by atoms with Gasteiger partial charge in [0.1, 0.15) is 5.82 Å². The smallest absolute Gasteiger partial charge is 0.281 e. The average molecular weight is 409 g/mol. The number of carbonyl (C=O) groups is 1. The lowest BCUT2D eigenvalue weighted by Crippen LogP contribution is -2.41. The molecule has 8 nitrogen and oxygen atoms in total. The van der Waals surface area contributed by atoms with Crippen molar-refractivity contribution in [2.45, 2.75) is 52.5 Å². The van der Waals surface area contributed by atoms with Crippen molar-refractivity contribution in [2.24, 2.45) is 5.41 Å². The van der Waals surface area contributed by atoms with Crippen LogP contribution in [0.5, 0.6) is 0 Å². The van der Waals surface area contributed by atoms with Gasteiger partial charge in [-0.3, -0.25) is 9.59 Å². The number of nitrogens with one attached hydrogen (secondary N) is 1. The van der Waals surface area contributed by atoms with Gasteiger partial charge in [0.2, 0.25) is 5.91 Å². The highest BCUT2D eigenvalue weighted by molar-refractivity contribution is 5.77. The van der Waals surface area contributed by atoms with E-state index in [4.69, 9.17) is 4.98 Å². The summed E-state index contributed by atoms with van der Waals surface area (Å²) in [7, 11) is 0. The van der Waals surface area contributed by atoms with Crippen LogP contribution in [0.4, 0.5) is 0 Å². The number of H-pyrrole nitrogens is 1. The lowest BCUT2D eigenvalue weighted by atomic mass is 9.90. The molecule has 158 valence electrons. The average Bonchev–Trinajstić information content (AvgIpc) is 3.11. The topological polar surface area (TPSA) is 96.8 Å². The van der Waals surface area contributed by atoms with Crippen molar-refractivity contribution in [3.8, 4) is 0 Å². The second-order valence-electron chi connectivity index (χ2n) is 9.27. The molecule has 1 aromatic carbocycles. The van der Waals surface area contributed by atoms with E-state index in [1.54, 1.807) is 4.68 Å². The maximum atomic E-state index is 12.7. The van der Waals surface area contributed by atoms with Crippen LogP contribution in [0.15, 0.2) is 35.1 Å². The van der Waals surface area contributed by atoms with Crippen LogP contribution < -0.4 is 5.56 Å². The number of carbonyl (C=O) groups excluding carboxylic acids is 1. The fourth-order valence-corrected chi connectivity index (χ4v) is 3.93. The monoisotopic (exact) mass is 408 g/mol. The largest absolute Gasteiger partial charge is 0.342 e. The molecule has 1 aliphatic rings. The molecule has 1 saturated heterocycles. The van der Waals surface area contributed by atoms with E-state index >= 15 is 0 Å². The zero-order chi connectivity index (χ0) is 21.3. The molecule has 0 unspecified atom stereocenters. The summed E-state index contributed by atoms with van der Waals surface area (Å²) in [4.78, 5) is 34.8. The highest BCUT2D eigenvalue weighted by Crippen LogP contribution is 2.27. The zero-order valence-electron chi connectivity index (χ0n) is 17.8. The highest BCUT2D eigenvalue weighted by atomic mass is 16.2. The molecule has 1 aliphatic heterocycles. The van der Waals surface area contributed by atoms with E-state index in [9.17, 15) is 9.59 Å². The molecule has 0 spiro atoms. The van der Waals surface area contributed by atoms with Crippen LogP contribution in [0, 0.1) is 5.41 Å². The maximum Gasteiger partial charge on any atom is 0.281 e. The second-order valence-corrected chi connectivity index (χ2v) is 9.27. The molecule has 1 fully saturated rings. The van der Waals surface area contributed by atoms with Crippen molar-refractivity contribution in [1.82, 2.24) is 29.9 Å². The quantitative estimate of drug-likeness (QED) is 0.716. The Morgan fingerprint density at radius 2 is 2.00 bits per heavy atom. The first-order valence-electron chi connectivity index (χ1n) is 10.5. The number of aromatic nitrogens is 5. The van der Waals surface area contributed by atoms with Crippen molar-refractivity contribution < 1.29 is 4.79 Å². The zero-order valence-corrected chi connectivity index (χ0v) is 17.8. The molecular weight excluding hydrogens is 380 g/mol. The Labute approximate surface area is 175 Å². The van der Waals surface area contributed by atoms with Gasteiger partial charge in [-0.1, -0.05) is 56.3 Å². The Morgan fingerprint density at radius 1 is 1.23 bits per heavy atom. The Balaban J connectivity index is 1.60. The number of amides is 1. The fourth-order valence-electron chi connectivity index (χ4n) is 3.93. The van der Waals surface area contributed by atoms with Crippen molar-refractivity contribution in [3.63, 3.8) is 0 Å². The molecule has 3 heterocycles. The first kappa shape index (κ1) is 20.3. The van der Waals surface area contributed by atoms with Gasteiger partial charge in [0.15, 0.2) is 11.2 Å². The van der Waals surface area contributed by atoms with Crippen molar-refractivity contribution in [2.75, 3.05) is 13.1 Å². The molecule has 0 radical (unpaired) electrons. The number of fused-ring (bicyclic) bond motifs is 1. The third kappa shape index (κ3) is 4.42. The van der Waals surface area contributed by atoms with Crippen LogP contribution in [0.2, 0.25) is 0 Å². The summed E-state index contributed by atoms with van der Waals surface area (Å²) >= 11 is 0. The number of hydrogen-bond donors (Lipinski definition) is 1. The van der Waals surface area contributed by atoms with Gasteiger partial charge in [-0.05, 0) is 23.8 Å². The summed E-state index contributed by atoms with van der Waals surface area (Å²) in [6, 6.07) is 9.89. The number of rotatable bonds is 4. The van der Waals surface area contributed by atoms with Crippen LogP contribution in [-0.2, 0) is 11.3 Å². The standard InChI is InChI=1S/C22H28N6O2/c1-22(2,3)12-17(29)27-11-7-10-16(14-27)19-23-20-18(21(30)24-19)25-26-28(20)13-15-8-5-4-6-9-15/h4-6,8-9,16H,7,10-14H2,1-3H3,(H,23,24,30)/t16-/m0/s1. The lowest BCUT2D eigenvalue weighted by Gasteiger charge is -2.34. The van der Waals surface area contributed by atoms with Crippen molar-refractivity contribution in [1.29, 1.82) is 0 Å². The molecule has 0 bridgehead atoms. The van der Waals surface area contributed by atoms with E-state index < -0.39 is 0 Å². The van der Waals surface area contributed by atoms with Crippen LogP contribution in [0.1, 0.15) is 57.3 Å². The minimum atomic E-state index is -0.285. The maximum absolute atomic E-state index is 12.7. The van der Waals surface area contributed by atoms with Gasteiger partial charge in [-0.25, -0.2) is 9.67 Å². The first-order chi connectivity index (χ1) is 14.3. The SMILES string of the molecule is CC(C)(C)CC(=O)N1CCC[C@H](c2nc3c(nnn3Cc3ccccc3)c(=O)[nH]2)C1. The van der Waals surface area contributed by atoms with E-state index in [1.807, 2.05) is 35.2 Å². The van der Waals surface area contributed by atoms with Crippen LogP contribution in [-0.4, -0.2) is 48.9 Å². The van der Waals surface area contributed by atoms with Gasteiger partial charge in [-0.15, -0.1) is 5.10 Å². The molecule has 0 saturated carbocycles. The Morgan fingerprint density at radius 3 is 2.73 bits per heavy atom. The third-order valence-corrected chi connectivity index (χ3v) is 5.41. The Kier molecular flexibility index (Phi) is 5.40. The van der Waals surface area contributed by atoms with E-state index in [2.05, 4.69) is 36.1 Å². The molecule has 1 amide bonds. The normalized spacial score (nSPS) is 17.4. The molecule has 0 aliphatic carbocycles. The molecule has 30 heavy (non-hydrogen) atoms. The van der Waals surface area contributed by atoms with E-state index in [1.165, 1.54) is 0 Å². The lowest BCUT2D eigenvalue weighted by molar-refractivity contribution is -0.134. The van der Waals surface area contributed by atoms with Crippen LogP contribution in [0.25, 0.3) is 11.2 Å². The summed E-state index contributed by atoms with van der Waals surface area (Å²) in [5.41, 5.74) is 1.45. The van der Waals surface area contributed by atoms with Crippen LogP contribution >= 0.6 is 0 Å². The summed E-state index contributed by atoms with van der Waals surface area (Å²) in [5.74, 6) is 0.767. The highest BCUT2D eigenvalue weighted by Gasteiger charge is 2.29. The van der Waals surface area contributed by atoms with Crippen LogP contribution in [0.3, 0.4) is 0 Å². The minimum Gasteiger partial charge on any atom is -0.342 e. The van der Waals surface area contributed by atoms with Crippen molar-refractivity contribution in [3.05, 3.63) is 52.1 Å². The van der Waals surface area contributed by atoms with E-state index in [0.29, 0.717) is 31.0 Å². The number of piperidine rings is 1. The Hall–Kier alpha value is -3.03. The molecule has 1 N–H and O–H groups in total. The van der Waals surface area contributed by atoms with E-state index in [0.717, 1.165) is 24.9 Å². The molecule has 8 heteroatoms. The number of nitrogens with zero attached hydrogens (tertiary/aromatic N) is 5. The van der Waals surface area contributed by atoms with Gasteiger partial charge in [0.25, 0.3) is 5.56 Å². The number of benzene rings is 1. The Bertz CT molecular complexity index is 1100. The van der Waals surface area contributed by atoms with Gasteiger partial charge in [-0.2, -0.15) is 0 Å². The predicted molar refractivity (Wildman–Crippen MR) is 114 cm³/mol. The van der Waals surface area contributed by atoms with E-state index in [-0.39, 0.29) is 28.3 Å². The molecule has 1 atom stereocenters.